The number of piperazine rings is 1. The molecule has 0 radical (unpaired) electrons. The summed E-state index contributed by atoms with van der Waals surface area (Å²) in [6.07, 6.45) is 5.43. The molecule has 0 aromatic carbocycles. The smallest absolute Gasteiger partial charge is 0.290 e. The molecule has 0 aliphatic carbocycles. The molecule has 164 valence electrons. The Labute approximate surface area is 173 Å². The summed E-state index contributed by atoms with van der Waals surface area (Å²) in [5.74, 6) is 0.499. The first-order valence-corrected chi connectivity index (χ1v) is 10.2. The van der Waals surface area contributed by atoms with Gasteiger partial charge in [0.15, 0.2) is 0 Å². The van der Waals surface area contributed by atoms with Crippen LogP contribution in [0, 0.1) is 5.92 Å². The Morgan fingerprint density at radius 3 is 2.45 bits per heavy atom. The van der Waals surface area contributed by atoms with Crippen molar-refractivity contribution in [2.45, 2.75) is 25.4 Å². The predicted octanol–water partition coefficient (Wildman–Crippen LogP) is -0.605. The zero-order valence-corrected chi connectivity index (χ0v) is 17.9. The molecule has 0 saturated carbocycles. The van der Waals surface area contributed by atoms with Gasteiger partial charge in [0.1, 0.15) is 12.7 Å². The fourth-order valence-corrected chi connectivity index (χ4v) is 4.05. The van der Waals surface area contributed by atoms with Crippen LogP contribution in [-0.4, -0.2) is 125 Å². The average Bonchev–Trinajstić information content (AvgIpc) is 3.14. The molecular weight excluding hydrogens is 374 g/mol. The number of hydrogen-bond acceptors (Lipinski definition) is 7. The zero-order chi connectivity index (χ0) is 21.2. The van der Waals surface area contributed by atoms with Crippen molar-refractivity contribution in [3.63, 3.8) is 0 Å². The first-order valence-electron chi connectivity index (χ1n) is 10.2. The van der Waals surface area contributed by atoms with Crippen molar-refractivity contribution in [1.82, 2.24) is 34.4 Å². The standard InChI is InChI=1S/C18H33N7O.CH2O2/c1-21(2)17-5-4-16(12-22(3)13-17)18(26)24-9-6-23(7-10-24)8-11-25-15-19-14-20-25;2-1-3/h14-17H,4-13H2,1-3H3;1H,(H,2,3)/t16-,17+;/m1./s1. The van der Waals surface area contributed by atoms with Crippen LogP contribution in [0.25, 0.3) is 0 Å². The van der Waals surface area contributed by atoms with Crippen LogP contribution in [0.5, 0.6) is 0 Å². The first kappa shape index (κ1) is 23.2. The van der Waals surface area contributed by atoms with Crippen LogP contribution in [-0.2, 0) is 16.1 Å². The van der Waals surface area contributed by atoms with Gasteiger partial charge < -0.3 is 19.8 Å². The van der Waals surface area contributed by atoms with E-state index < -0.39 is 0 Å². The molecule has 1 aromatic rings. The minimum Gasteiger partial charge on any atom is -0.483 e. The van der Waals surface area contributed by atoms with Gasteiger partial charge in [0, 0.05) is 51.9 Å². The number of likely N-dealkylation sites (tertiary alicyclic amines) is 1. The highest BCUT2D eigenvalue weighted by Crippen LogP contribution is 2.21. The summed E-state index contributed by atoms with van der Waals surface area (Å²) in [4.78, 5) is 34.5. The Morgan fingerprint density at radius 1 is 1.17 bits per heavy atom. The highest BCUT2D eigenvalue weighted by molar-refractivity contribution is 5.79. The summed E-state index contributed by atoms with van der Waals surface area (Å²) in [6.45, 7) is 7.07. The Kier molecular flexibility index (Phi) is 9.49. The lowest BCUT2D eigenvalue weighted by Gasteiger charge is -2.36. The largest absolute Gasteiger partial charge is 0.483 e. The molecule has 0 spiro atoms. The Balaban J connectivity index is 0.000000941. The SMILES string of the molecule is CN1C[C@H](C(=O)N2CCN(CCn3cncn3)CC2)CC[C@H](N(C)C)C1.O=CO. The van der Waals surface area contributed by atoms with Crippen LogP contribution in [0.15, 0.2) is 12.7 Å². The second-order valence-electron chi connectivity index (χ2n) is 8.04. The number of likely N-dealkylation sites (N-methyl/N-ethyl adjacent to an activating group) is 2. The van der Waals surface area contributed by atoms with E-state index in [1.165, 1.54) is 0 Å². The van der Waals surface area contributed by atoms with Crippen LogP contribution < -0.4 is 0 Å². The molecular formula is C19H35N7O3. The third-order valence-electron chi connectivity index (χ3n) is 5.78. The number of carboxylic acid groups (broad SMARTS) is 1. The van der Waals surface area contributed by atoms with Crippen LogP contribution >= 0.6 is 0 Å². The van der Waals surface area contributed by atoms with E-state index in [9.17, 15) is 4.79 Å². The van der Waals surface area contributed by atoms with Gasteiger partial charge in [-0.3, -0.25) is 19.2 Å². The topological polar surface area (TPSA) is 98.0 Å². The van der Waals surface area contributed by atoms with Crippen molar-refractivity contribution < 1.29 is 14.7 Å². The van der Waals surface area contributed by atoms with E-state index >= 15 is 0 Å². The van der Waals surface area contributed by atoms with Gasteiger partial charge in [-0.25, -0.2) is 4.98 Å². The molecule has 3 heterocycles. The number of rotatable bonds is 5. The molecule has 10 nitrogen and oxygen atoms in total. The molecule has 10 heteroatoms. The van der Waals surface area contributed by atoms with E-state index in [1.54, 1.807) is 12.7 Å². The van der Waals surface area contributed by atoms with Crippen LogP contribution in [0.2, 0.25) is 0 Å². The van der Waals surface area contributed by atoms with Gasteiger partial charge in [0.25, 0.3) is 6.47 Å². The van der Waals surface area contributed by atoms with Gasteiger partial charge in [0.2, 0.25) is 5.91 Å². The van der Waals surface area contributed by atoms with E-state index in [0.717, 1.165) is 65.2 Å². The highest BCUT2D eigenvalue weighted by atomic mass is 16.3. The number of aromatic nitrogens is 3. The average molecular weight is 410 g/mol. The van der Waals surface area contributed by atoms with Crippen LogP contribution in [0.4, 0.5) is 0 Å². The number of nitrogens with zero attached hydrogens (tertiary/aromatic N) is 7. The summed E-state index contributed by atoms with van der Waals surface area (Å²) in [7, 11) is 6.42. The van der Waals surface area contributed by atoms with Gasteiger partial charge in [-0.1, -0.05) is 0 Å². The highest BCUT2D eigenvalue weighted by Gasteiger charge is 2.31. The number of hydrogen-bond donors (Lipinski definition) is 1. The van der Waals surface area contributed by atoms with Crippen molar-refractivity contribution in [1.29, 1.82) is 0 Å². The second kappa shape index (κ2) is 11.8. The summed E-state index contributed by atoms with van der Waals surface area (Å²) < 4.78 is 1.86. The van der Waals surface area contributed by atoms with Gasteiger partial charge in [0.05, 0.1) is 12.5 Å². The lowest BCUT2D eigenvalue weighted by atomic mass is 9.99. The van der Waals surface area contributed by atoms with Crippen LogP contribution in [0.1, 0.15) is 12.8 Å². The second-order valence-corrected chi connectivity index (χ2v) is 8.04. The molecule has 2 aliphatic rings. The molecule has 2 fully saturated rings. The maximum atomic E-state index is 13.0. The van der Waals surface area contributed by atoms with E-state index in [4.69, 9.17) is 9.90 Å². The Hall–Kier alpha value is -2.04. The van der Waals surface area contributed by atoms with Crippen molar-refractivity contribution >= 4 is 12.4 Å². The quantitative estimate of drug-likeness (QED) is 0.644. The molecule has 2 aliphatic heterocycles. The van der Waals surface area contributed by atoms with Crippen LogP contribution in [0.3, 0.4) is 0 Å². The molecule has 0 bridgehead atoms. The first-order chi connectivity index (χ1) is 13.9. The van der Waals surface area contributed by atoms with E-state index in [2.05, 4.69) is 50.8 Å². The molecule has 1 N–H and O–H groups in total. The summed E-state index contributed by atoms with van der Waals surface area (Å²) >= 11 is 0. The summed E-state index contributed by atoms with van der Waals surface area (Å²) in [5, 5.41) is 11.0. The predicted molar refractivity (Wildman–Crippen MR) is 109 cm³/mol. The van der Waals surface area contributed by atoms with Crippen molar-refractivity contribution in [3.8, 4) is 0 Å². The zero-order valence-electron chi connectivity index (χ0n) is 17.9. The Morgan fingerprint density at radius 2 is 1.86 bits per heavy atom. The molecule has 2 saturated heterocycles. The van der Waals surface area contributed by atoms with Gasteiger partial charge in [-0.2, -0.15) is 5.10 Å². The number of amides is 1. The third-order valence-corrected chi connectivity index (χ3v) is 5.78. The number of carbonyl (C=O) groups is 2. The summed E-state index contributed by atoms with van der Waals surface area (Å²) in [5.41, 5.74) is 0. The lowest BCUT2D eigenvalue weighted by molar-refractivity contribution is -0.138. The molecule has 3 rings (SSSR count). The number of carbonyl (C=O) groups excluding carboxylic acids is 1. The molecule has 1 aromatic heterocycles. The van der Waals surface area contributed by atoms with Crippen molar-refractivity contribution in [2.75, 3.05) is 67.0 Å². The maximum absolute atomic E-state index is 13.0. The fraction of sp³-hybridized carbons (Fsp3) is 0.789. The fourth-order valence-electron chi connectivity index (χ4n) is 4.05. The molecule has 1 amide bonds. The van der Waals surface area contributed by atoms with Gasteiger partial charge >= 0.3 is 0 Å². The maximum Gasteiger partial charge on any atom is 0.290 e. The third kappa shape index (κ3) is 7.37. The minimum atomic E-state index is -0.250. The minimum absolute atomic E-state index is 0.145. The molecule has 29 heavy (non-hydrogen) atoms. The van der Waals surface area contributed by atoms with Gasteiger partial charge in [-0.05, 0) is 34.0 Å². The molecule has 0 unspecified atom stereocenters. The van der Waals surface area contributed by atoms with Crippen molar-refractivity contribution in [2.24, 2.45) is 5.92 Å². The normalized spacial score (nSPS) is 23.9. The monoisotopic (exact) mass is 409 g/mol. The van der Waals surface area contributed by atoms with Crippen molar-refractivity contribution in [3.05, 3.63) is 12.7 Å². The van der Waals surface area contributed by atoms with E-state index in [0.29, 0.717) is 11.9 Å². The summed E-state index contributed by atoms with van der Waals surface area (Å²) in [6, 6.07) is 0.548. The lowest BCUT2D eigenvalue weighted by Crippen LogP contribution is -2.51. The van der Waals surface area contributed by atoms with E-state index in [1.807, 2.05) is 4.68 Å². The van der Waals surface area contributed by atoms with Gasteiger partial charge in [-0.15, -0.1) is 0 Å². The molecule has 2 atom stereocenters. The van der Waals surface area contributed by atoms with E-state index in [-0.39, 0.29) is 12.4 Å². The Bertz CT molecular complexity index is 603.